The summed E-state index contributed by atoms with van der Waals surface area (Å²) in [7, 11) is 0. The molecule has 1 aromatic carbocycles. The topological polar surface area (TPSA) is 114 Å². The highest BCUT2D eigenvalue weighted by Gasteiger charge is 2.33. The molecule has 0 radical (unpaired) electrons. The Kier molecular flexibility index (Phi) is 6.44. The number of ether oxygens (including phenoxy) is 1. The summed E-state index contributed by atoms with van der Waals surface area (Å²) in [5.41, 5.74) is 1.43. The van der Waals surface area contributed by atoms with Crippen LogP contribution >= 0.6 is 0 Å². The summed E-state index contributed by atoms with van der Waals surface area (Å²) in [5.74, 6) is -0.125. The zero-order chi connectivity index (χ0) is 23.4. The summed E-state index contributed by atoms with van der Waals surface area (Å²) >= 11 is 0. The van der Waals surface area contributed by atoms with E-state index in [4.69, 9.17) is 14.4 Å². The highest BCUT2D eigenvalue weighted by Crippen LogP contribution is 2.28. The van der Waals surface area contributed by atoms with Crippen LogP contribution in [-0.4, -0.2) is 68.1 Å². The summed E-state index contributed by atoms with van der Waals surface area (Å²) in [4.78, 5) is 32.6. The molecule has 1 N–H and O–H groups in total. The number of aliphatic imine (C=N–C) groups is 1. The second-order valence-electron chi connectivity index (χ2n) is 7.70. The quantitative estimate of drug-likeness (QED) is 0.417. The van der Waals surface area contributed by atoms with Crippen molar-refractivity contribution in [3.63, 3.8) is 0 Å². The molecule has 0 aliphatic carbocycles. The SMILES string of the molecule is CC(=O)N1CCN(c2ccc(N3C[C@H](CN/C(=N/C#N)c4ccoc4)OC3=O)cc2F)CC1. The standard InChI is InChI=1S/C22H23FN6O4/c1-15(30)27-5-7-28(8-6-27)20-3-2-17(10-19(20)23)29-12-18(33-22(29)31)11-25-21(26-14-24)16-4-9-32-13-16/h2-4,9-10,13,18H,5-8,11-12H2,1H3,(H,25,26)/t18-/m0/s1. The summed E-state index contributed by atoms with van der Waals surface area (Å²) in [5, 5.41) is 11.9. The molecular weight excluding hydrogens is 431 g/mol. The Labute approximate surface area is 189 Å². The summed E-state index contributed by atoms with van der Waals surface area (Å²) in [6.45, 7) is 4.12. The second-order valence-corrected chi connectivity index (χ2v) is 7.70. The number of carbonyl (C=O) groups is 2. The highest BCUT2D eigenvalue weighted by atomic mass is 19.1. The van der Waals surface area contributed by atoms with E-state index in [1.165, 1.54) is 30.4 Å². The van der Waals surface area contributed by atoms with Gasteiger partial charge in [0.05, 0.1) is 36.3 Å². The molecule has 0 saturated carbocycles. The maximum Gasteiger partial charge on any atom is 0.414 e. The van der Waals surface area contributed by atoms with E-state index >= 15 is 0 Å². The number of piperazine rings is 1. The number of carbonyl (C=O) groups excluding carboxylic acids is 2. The molecule has 0 spiro atoms. The van der Waals surface area contributed by atoms with E-state index in [9.17, 15) is 14.0 Å². The van der Waals surface area contributed by atoms with Crippen LogP contribution in [0.3, 0.4) is 0 Å². The van der Waals surface area contributed by atoms with E-state index in [1.807, 2.05) is 4.90 Å². The van der Waals surface area contributed by atoms with Crippen molar-refractivity contribution in [2.24, 2.45) is 4.99 Å². The Morgan fingerprint density at radius 2 is 2.09 bits per heavy atom. The number of hydrogen-bond acceptors (Lipinski definition) is 7. The number of amides is 2. The molecule has 1 aromatic heterocycles. The number of nitriles is 1. The van der Waals surface area contributed by atoms with Crippen LogP contribution in [0.15, 0.2) is 46.2 Å². The van der Waals surface area contributed by atoms with E-state index < -0.39 is 18.0 Å². The number of halogens is 1. The van der Waals surface area contributed by atoms with Gasteiger partial charge in [0.25, 0.3) is 0 Å². The molecule has 11 heteroatoms. The highest BCUT2D eigenvalue weighted by molar-refractivity contribution is 5.99. The Balaban J connectivity index is 1.38. The molecule has 2 saturated heterocycles. The lowest BCUT2D eigenvalue weighted by molar-refractivity contribution is -0.129. The summed E-state index contributed by atoms with van der Waals surface area (Å²) in [6, 6.07) is 6.29. The lowest BCUT2D eigenvalue weighted by Crippen LogP contribution is -2.48. The van der Waals surface area contributed by atoms with Gasteiger partial charge >= 0.3 is 6.09 Å². The van der Waals surface area contributed by atoms with Crippen molar-refractivity contribution in [2.45, 2.75) is 13.0 Å². The number of benzene rings is 1. The number of nitrogens with zero attached hydrogens (tertiary/aromatic N) is 5. The molecule has 2 fully saturated rings. The predicted octanol–water partition coefficient (Wildman–Crippen LogP) is 1.93. The van der Waals surface area contributed by atoms with Gasteiger partial charge in [0.2, 0.25) is 12.1 Å². The molecule has 33 heavy (non-hydrogen) atoms. The van der Waals surface area contributed by atoms with Gasteiger partial charge < -0.3 is 24.3 Å². The van der Waals surface area contributed by atoms with Crippen molar-refractivity contribution in [3.05, 3.63) is 48.2 Å². The fourth-order valence-electron chi connectivity index (χ4n) is 3.89. The number of furan rings is 1. The monoisotopic (exact) mass is 454 g/mol. The van der Waals surface area contributed by atoms with Gasteiger partial charge in [0.1, 0.15) is 24.0 Å². The Morgan fingerprint density at radius 1 is 1.30 bits per heavy atom. The van der Waals surface area contributed by atoms with Gasteiger partial charge in [-0.2, -0.15) is 10.3 Å². The van der Waals surface area contributed by atoms with Crippen molar-refractivity contribution in [1.29, 1.82) is 5.26 Å². The van der Waals surface area contributed by atoms with E-state index in [0.717, 1.165) is 0 Å². The molecule has 3 heterocycles. The van der Waals surface area contributed by atoms with Crippen LogP contribution < -0.4 is 15.1 Å². The van der Waals surface area contributed by atoms with Crippen LogP contribution in [0.5, 0.6) is 0 Å². The number of nitrogens with one attached hydrogen (secondary N) is 1. The largest absolute Gasteiger partial charge is 0.472 e. The zero-order valence-electron chi connectivity index (χ0n) is 18.0. The molecule has 0 bridgehead atoms. The van der Waals surface area contributed by atoms with Gasteiger partial charge in [-0.15, -0.1) is 0 Å². The molecule has 2 aliphatic rings. The third-order valence-corrected chi connectivity index (χ3v) is 5.64. The molecule has 2 aliphatic heterocycles. The number of anilines is 2. The maximum atomic E-state index is 14.9. The minimum Gasteiger partial charge on any atom is -0.472 e. The minimum absolute atomic E-state index is 0.0119. The fraction of sp³-hybridized carbons (Fsp3) is 0.364. The Bertz CT molecular complexity index is 1090. The third kappa shape index (κ3) is 4.90. The first-order valence-corrected chi connectivity index (χ1v) is 10.5. The van der Waals surface area contributed by atoms with E-state index in [1.54, 1.807) is 29.3 Å². The van der Waals surface area contributed by atoms with Gasteiger partial charge in [0.15, 0.2) is 0 Å². The van der Waals surface area contributed by atoms with Crippen molar-refractivity contribution in [3.8, 4) is 6.19 Å². The molecular formula is C22H23FN6O4. The van der Waals surface area contributed by atoms with Crippen LogP contribution in [-0.2, 0) is 9.53 Å². The van der Waals surface area contributed by atoms with Crippen molar-refractivity contribution < 1.29 is 23.1 Å². The lowest BCUT2D eigenvalue weighted by Gasteiger charge is -2.35. The second kappa shape index (κ2) is 9.60. The lowest BCUT2D eigenvalue weighted by atomic mass is 10.2. The fourth-order valence-corrected chi connectivity index (χ4v) is 3.89. The molecule has 4 rings (SSSR count). The molecule has 172 valence electrons. The zero-order valence-corrected chi connectivity index (χ0v) is 18.0. The number of amidine groups is 1. The van der Waals surface area contributed by atoms with Crippen molar-refractivity contribution >= 4 is 29.2 Å². The smallest absolute Gasteiger partial charge is 0.414 e. The summed E-state index contributed by atoms with van der Waals surface area (Å²) < 4.78 is 25.3. The molecule has 2 aromatic rings. The van der Waals surface area contributed by atoms with E-state index in [-0.39, 0.29) is 19.0 Å². The van der Waals surface area contributed by atoms with Crippen LogP contribution in [0.25, 0.3) is 0 Å². The molecule has 2 amide bonds. The number of cyclic esters (lactones) is 1. The van der Waals surface area contributed by atoms with Gasteiger partial charge in [-0.1, -0.05) is 0 Å². The Hall–Kier alpha value is -4.07. The van der Waals surface area contributed by atoms with Crippen LogP contribution in [0.1, 0.15) is 12.5 Å². The number of rotatable bonds is 5. The average Bonchev–Trinajstić information content (AvgIpc) is 3.47. The normalized spacial score (nSPS) is 18.8. The van der Waals surface area contributed by atoms with E-state index in [2.05, 4.69) is 10.3 Å². The van der Waals surface area contributed by atoms with Crippen LogP contribution in [0.2, 0.25) is 0 Å². The molecule has 0 unspecified atom stereocenters. The predicted molar refractivity (Wildman–Crippen MR) is 117 cm³/mol. The average molecular weight is 454 g/mol. The molecule has 1 atom stereocenters. The summed E-state index contributed by atoms with van der Waals surface area (Å²) in [6.07, 6.45) is 3.53. The van der Waals surface area contributed by atoms with Crippen molar-refractivity contribution in [1.82, 2.24) is 10.2 Å². The van der Waals surface area contributed by atoms with Crippen molar-refractivity contribution in [2.75, 3.05) is 49.1 Å². The van der Waals surface area contributed by atoms with Gasteiger partial charge in [-0.05, 0) is 24.3 Å². The number of hydrogen-bond donors (Lipinski definition) is 1. The van der Waals surface area contributed by atoms with Gasteiger partial charge in [-0.25, -0.2) is 9.18 Å². The van der Waals surface area contributed by atoms with Gasteiger partial charge in [-0.3, -0.25) is 9.69 Å². The van der Waals surface area contributed by atoms with E-state index in [0.29, 0.717) is 49.0 Å². The first kappa shape index (κ1) is 22.1. The minimum atomic E-state index is -0.578. The van der Waals surface area contributed by atoms with Crippen LogP contribution in [0.4, 0.5) is 20.6 Å². The first-order valence-electron chi connectivity index (χ1n) is 10.5. The van der Waals surface area contributed by atoms with Crippen LogP contribution in [0, 0.1) is 17.3 Å². The first-order chi connectivity index (χ1) is 16.0. The molecule has 10 nitrogen and oxygen atoms in total. The third-order valence-electron chi connectivity index (χ3n) is 5.64. The Morgan fingerprint density at radius 3 is 2.73 bits per heavy atom. The van der Waals surface area contributed by atoms with Gasteiger partial charge in [0, 0.05) is 33.1 Å². The maximum absolute atomic E-state index is 14.9.